The lowest BCUT2D eigenvalue weighted by molar-refractivity contribution is 0.0947. The number of rotatable bonds is 5. The average molecular weight is 482 g/mol. The topological polar surface area (TPSA) is 79.4 Å². The molecule has 1 N–H and O–H groups in total. The molecule has 7 heteroatoms. The highest BCUT2D eigenvalue weighted by Gasteiger charge is 2.31. The van der Waals surface area contributed by atoms with Crippen LogP contribution in [-0.4, -0.2) is 21.0 Å². The molecule has 2 heterocycles. The number of anilines is 1. The van der Waals surface area contributed by atoms with Crippen molar-refractivity contribution in [3.8, 4) is 0 Å². The molecule has 0 bridgehead atoms. The van der Waals surface area contributed by atoms with Crippen LogP contribution in [0.4, 0.5) is 5.69 Å². The standard InChI is InChI=1S/C28H23N3O3S/c1-19-7-2-3-9-22(19)18-31-24-15-21(27(32)30-17-20-8-6-14-29-16-20)12-13-26(24)35(34)25-11-5-4-10-23(25)28(31)33/h2-16H,17-18H2,1H3,(H,30,32). The van der Waals surface area contributed by atoms with Gasteiger partial charge in [0.15, 0.2) is 0 Å². The summed E-state index contributed by atoms with van der Waals surface area (Å²) >= 11 is 0. The van der Waals surface area contributed by atoms with Crippen molar-refractivity contribution in [2.24, 2.45) is 0 Å². The molecule has 174 valence electrons. The molecule has 0 aliphatic carbocycles. The third kappa shape index (κ3) is 4.50. The number of pyridine rings is 1. The molecule has 0 fully saturated rings. The van der Waals surface area contributed by atoms with E-state index in [9.17, 15) is 13.8 Å². The molecule has 1 atom stereocenters. The van der Waals surface area contributed by atoms with Crippen LogP contribution in [0.5, 0.6) is 0 Å². The van der Waals surface area contributed by atoms with E-state index in [1.807, 2.05) is 43.3 Å². The van der Waals surface area contributed by atoms with Gasteiger partial charge in [-0.2, -0.15) is 0 Å². The smallest absolute Gasteiger partial charge is 0.259 e. The van der Waals surface area contributed by atoms with Crippen molar-refractivity contribution in [3.05, 3.63) is 119 Å². The van der Waals surface area contributed by atoms with E-state index in [0.29, 0.717) is 39.7 Å². The van der Waals surface area contributed by atoms with Crippen LogP contribution < -0.4 is 10.2 Å². The molecule has 5 rings (SSSR count). The quantitative estimate of drug-likeness (QED) is 0.450. The van der Waals surface area contributed by atoms with Crippen molar-refractivity contribution in [3.63, 3.8) is 0 Å². The number of hydrogen-bond acceptors (Lipinski definition) is 4. The number of aryl methyl sites for hydroxylation is 1. The lowest BCUT2D eigenvalue weighted by atomic mass is 10.1. The molecule has 3 aromatic carbocycles. The second kappa shape index (κ2) is 9.64. The molecule has 1 aliphatic heterocycles. The Hall–Kier alpha value is -4.10. The minimum Gasteiger partial charge on any atom is -0.348 e. The molecule has 35 heavy (non-hydrogen) atoms. The van der Waals surface area contributed by atoms with Gasteiger partial charge in [-0.25, -0.2) is 4.21 Å². The molecule has 4 aromatic rings. The normalized spacial score (nSPS) is 14.6. The maximum absolute atomic E-state index is 13.7. The van der Waals surface area contributed by atoms with Crippen LogP contribution in [0.3, 0.4) is 0 Å². The van der Waals surface area contributed by atoms with Gasteiger partial charge >= 0.3 is 0 Å². The molecular weight excluding hydrogens is 458 g/mol. The molecule has 2 amide bonds. The Labute approximate surface area is 206 Å². The second-order valence-corrected chi connectivity index (χ2v) is 9.73. The number of nitrogens with zero attached hydrogens (tertiary/aromatic N) is 2. The fraction of sp³-hybridized carbons (Fsp3) is 0.107. The molecule has 0 saturated heterocycles. The van der Waals surface area contributed by atoms with Gasteiger partial charge in [0.2, 0.25) is 0 Å². The molecule has 0 radical (unpaired) electrons. The van der Waals surface area contributed by atoms with Crippen molar-refractivity contribution in [1.82, 2.24) is 10.3 Å². The van der Waals surface area contributed by atoms with E-state index in [1.165, 1.54) is 0 Å². The molecule has 1 unspecified atom stereocenters. The van der Waals surface area contributed by atoms with Crippen LogP contribution in [-0.2, 0) is 23.9 Å². The van der Waals surface area contributed by atoms with Crippen molar-refractivity contribution < 1.29 is 13.8 Å². The van der Waals surface area contributed by atoms with E-state index in [0.717, 1.165) is 16.7 Å². The summed E-state index contributed by atoms with van der Waals surface area (Å²) in [6, 6.07) is 23.5. The highest BCUT2D eigenvalue weighted by molar-refractivity contribution is 7.85. The minimum atomic E-state index is -1.57. The number of aromatic nitrogens is 1. The van der Waals surface area contributed by atoms with Gasteiger partial charge in [-0.05, 0) is 60.0 Å². The zero-order valence-electron chi connectivity index (χ0n) is 19.1. The number of fused-ring (bicyclic) bond motifs is 2. The first-order valence-corrected chi connectivity index (χ1v) is 12.4. The largest absolute Gasteiger partial charge is 0.348 e. The van der Waals surface area contributed by atoms with Crippen LogP contribution >= 0.6 is 0 Å². The summed E-state index contributed by atoms with van der Waals surface area (Å²) in [4.78, 5) is 33.4. The molecule has 1 aromatic heterocycles. The van der Waals surface area contributed by atoms with E-state index in [-0.39, 0.29) is 11.8 Å². The monoisotopic (exact) mass is 481 g/mol. The number of amides is 2. The lowest BCUT2D eigenvalue weighted by Crippen LogP contribution is -2.31. The van der Waals surface area contributed by atoms with Crippen LogP contribution in [0.2, 0.25) is 0 Å². The maximum Gasteiger partial charge on any atom is 0.259 e. The lowest BCUT2D eigenvalue weighted by Gasteiger charge is -2.24. The second-order valence-electron chi connectivity index (χ2n) is 8.31. The van der Waals surface area contributed by atoms with Crippen LogP contribution in [0.1, 0.15) is 37.4 Å². The average Bonchev–Trinajstić information content (AvgIpc) is 2.98. The van der Waals surface area contributed by atoms with Gasteiger partial charge in [0.25, 0.3) is 11.8 Å². The summed E-state index contributed by atoms with van der Waals surface area (Å²) in [7, 11) is -1.57. The van der Waals surface area contributed by atoms with Gasteiger partial charge < -0.3 is 10.2 Å². The Bertz CT molecular complexity index is 1450. The predicted octanol–water partition coefficient (Wildman–Crippen LogP) is 4.65. The zero-order chi connectivity index (χ0) is 24.4. The van der Waals surface area contributed by atoms with Crippen LogP contribution in [0, 0.1) is 6.92 Å². The Morgan fingerprint density at radius 1 is 0.971 bits per heavy atom. The SMILES string of the molecule is Cc1ccccc1CN1C(=O)c2ccccc2S(=O)c2ccc(C(=O)NCc3cccnc3)cc21. The first-order valence-electron chi connectivity index (χ1n) is 11.2. The third-order valence-corrected chi connectivity index (χ3v) is 7.54. The van der Waals surface area contributed by atoms with Crippen molar-refractivity contribution >= 4 is 28.3 Å². The van der Waals surface area contributed by atoms with Gasteiger partial charge in [0.05, 0.1) is 38.4 Å². The summed E-state index contributed by atoms with van der Waals surface area (Å²) in [5.41, 5.74) is 4.16. The van der Waals surface area contributed by atoms with E-state index < -0.39 is 10.8 Å². The molecule has 0 saturated carbocycles. The predicted molar refractivity (Wildman–Crippen MR) is 135 cm³/mol. The summed E-state index contributed by atoms with van der Waals surface area (Å²) in [5.74, 6) is -0.531. The number of benzene rings is 3. The molecular formula is C28H23N3O3S. The summed E-state index contributed by atoms with van der Waals surface area (Å²) in [5, 5.41) is 2.89. The summed E-state index contributed by atoms with van der Waals surface area (Å²) in [6.45, 7) is 2.62. The third-order valence-electron chi connectivity index (χ3n) is 6.04. The van der Waals surface area contributed by atoms with Crippen molar-refractivity contribution in [1.29, 1.82) is 0 Å². The fourth-order valence-corrected chi connectivity index (χ4v) is 5.45. The summed E-state index contributed by atoms with van der Waals surface area (Å²) in [6.07, 6.45) is 3.37. The van der Waals surface area contributed by atoms with Gasteiger partial charge in [-0.3, -0.25) is 14.6 Å². The van der Waals surface area contributed by atoms with Gasteiger partial charge in [-0.1, -0.05) is 42.5 Å². The highest BCUT2D eigenvalue weighted by atomic mass is 32.2. The van der Waals surface area contributed by atoms with Gasteiger partial charge in [0, 0.05) is 24.5 Å². The Balaban J connectivity index is 1.56. The van der Waals surface area contributed by atoms with E-state index in [4.69, 9.17) is 0 Å². The number of carbonyl (C=O) groups excluding carboxylic acids is 2. The number of hydrogen-bond donors (Lipinski definition) is 1. The Kier molecular flexibility index (Phi) is 6.25. The zero-order valence-corrected chi connectivity index (χ0v) is 19.9. The van der Waals surface area contributed by atoms with E-state index in [1.54, 1.807) is 59.8 Å². The number of nitrogens with one attached hydrogen (secondary N) is 1. The fourth-order valence-electron chi connectivity index (χ4n) is 4.11. The van der Waals surface area contributed by atoms with E-state index in [2.05, 4.69) is 10.3 Å². The molecule has 6 nitrogen and oxygen atoms in total. The van der Waals surface area contributed by atoms with Crippen molar-refractivity contribution in [2.75, 3.05) is 4.90 Å². The highest BCUT2D eigenvalue weighted by Crippen LogP contribution is 2.36. The van der Waals surface area contributed by atoms with Crippen LogP contribution in [0.15, 0.2) is 101 Å². The Morgan fingerprint density at radius 3 is 2.57 bits per heavy atom. The van der Waals surface area contributed by atoms with Crippen LogP contribution in [0.25, 0.3) is 0 Å². The molecule has 0 spiro atoms. The van der Waals surface area contributed by atoms with Gasteiger partial charge in [0.1, 0.15) is 0 Å². The summed E-state index contributed by atoms with van der Waals surface area (Å²) < 4.78 is 13.6. The minimum absolute atomic E-state index is 0.246. The van der Waals surface area contributed by atoms with E-state index >= 15 is 0 Å². The molecule has 1 aliphatic rings. The first-order chi connectivity index (χ1) is 17.0. The Morgan fingerprint density at radius 2 is 1.77 bits per heavy atom. The maximum atomic E-state index is 13.7. The van der Waals surface area contributed by atoms with Crippen molar-refractivity contribution in [2.45, 2.75) is 29.8 Å². The number of carbonyl (C=O) groups is 2. The first kappa shape index (κ1) is 22.7. The van der Waals surface area contributed by atoms with Gasteiger partial charge in [-0.15, -0.1) is 0 Å².